The average Bonchev–Trinajstić information content (AvgIpc) is 2.24. The Kier molecular flexibility index (Phi) is 2.96. The van der Waals surface area contributed by atoms with E-state index in [1.54, 1.807) is 0 Å². The largest absolute Gasteiger partial charge is 0.480 e. The third-order valence-corrected chi connectivity index (χ3v) is 3.14. The van der Waals surface area contributed by atoms with Gasteiger partial charge in [-0.2, -0.15) is 0 Å². The molecule has 0 saturated carbocycles. The molecule has 5 heteroatoms. The molecule has 16 heavy (non-hydrogen) atoms. The first-order valence-corrected chi connectivity index (χ1v) is 5.64. The Morgan fingerprint density at radius 3 is 2.56 bits per heavy atom. The first-order chi connectivity index (χ1) is 7.58. The van der Waals surface area contributed by atoms with E-state index < -0.39 is 12.0 Å². The van der Waals surface area contributed by atoms with Crippen LogP contribution in [0.2, 0.25) is 0 Å². The van der Waals surface area contributed by atoms with Gasteiger partial charge in [0.05, 0.1) is 6.42 Å². The highest BCUT2D eigenvalue weighted by molar-refractivity contribution is 9.10. The van der Waals surface area contributed by atoms with Crippen LogP contribution >= 0.6 is 15.9 Å². The van der Waals surface area contributed by atoms with Crippen LogP contribution in [0.3, 0.4) is 0 Å². The van der Waals surface area contributed by atoms with E-state index in [1.165, 1.54) is 4.90 Å². The molecule has 84 valence electrons. The molecular formula is C11H10BrNO3. The van der Waals surface area contributed by atoms with Crippen molar-refractivity contribution in [2.75, 3.05) is 0 Å². The number of nitrogens with zero attached hydrogens (tertiary/aromatic N) is 1. The normalized spacial score (nSPS) is 19.4. The molecule has 1 aromatic rings. The number of rotatable bonds is 3. The van der Waals surface area contributed by atoms with Gasteiger partial charge in [-0.05, 0) is 17.7 Å². The van der Waals surface area contributed by atoms with Gasteiger partial charge in [-0.25, -0.2) is 4.79 Å². The summed E-state index contributed by atoms with van der Waals surface area (Å²) < 4.78 is 0.959. The Balaban J connectivity index is 2.06. The van der Waals surface area contributed by atoms with Crippen molar-refractivity contribution in [2.45, 2.75) is 19.0 Å². The Hall–Kier alpha value is -1.36. The van der Waals surface area contributed by atoms with E-state index in [1.807, 2.05) is 24.3 Å². The first kappa shape index (κ1) is 11.1. The van der Waals surface area contributed by atoms with Gasteiger partial charge in [0.15, 0.2) is 0 Å². The number of halogens is 1. The number of β-lactam (4-membered cyclic amide) rings is 1. The van der Waals surface area contributed by atoms with E-state index in [9.17, 15) is 9.59 Å². The lowest BCUT2D eigenvalue weighted by Gasteiger charge is -2.37. The summed E-state index contributed by atoms with van der Waals surface area (Å²) in [4.78, 5) is 23.4. The minimum Gasteiger partial charge on any atom is -0.480 e. The van der Waals surface area contributed by atoms with E-state index in [0.717, 1.165) is 10.0 Å². The molecule has 0 radical (unpaired) electrons. The lowest BCUT2D eigenvalue weighted by atomic mass is 10.0. The molecule has 1 aromatic carbocycles. The van der Waals surface area contributed by atoms with Gasteiger partial charge in [0.2, 0.25) is 5.91 Å². The highest BCUT2D eigenvalue weighted by Gasteiger charge is 2.40. The van der Waals surface area contributed by atoms with E-state index in [-0.39, 0.29) is 12.3 Å². The Morgan fingerprint density at radius 2 is 2.06 bits per heavy atom. The molecule has 2 rings (SSSR count). The van der Waals surface area contributed by atoms with Crippen LogP contribution in [0, 0.1) is 0 Å². The summed E-state index contributed by atoms with van der Waals surface area (Å²) in [6.45, 7) is 0.364. The fourth-order valence-electron chi connectivity index (χ4n) is 1.66. The number of hydrogen-bond donors (Lipinski definition) is 1. The zero-order valence-electron chi connectivity index (χ0n) is 8.39. The summed E-state index contributed by atoms with van der Waals surface area (Å²) in [5.41, 5.74) is 0.933. The highest BCUT2D eigenvalue weighted by atomic mass is 79.9. The molecule has 0 aliphatic carbocycles. The summed E-state index contributed by atoms with van der Waals surface area (Å²) in [7, 11) is 0. The molecule has 0 spiro atoms. The second-order valence-corrected chi connectivity index (χ2v) is 4.62. The van der Waals surface area contributed by atoms with Crippen LogP contribution in [0.1, 0.15) is 12.0 Å². The number of carboxylic acids is 1. The maximum Gasteiger partial charge on any atom is 0.326 e. The molecule has 0 bridgehead atoms. The molecule has 1 saturated heterocycles. The summed E-state index contributed by atoms with van der Waals surface area (Å²) in [5, 5.41) is 8.84. The molecule has 1 N–H and O–H groups in total. The van der Waals surface area contributed by atoms with Crippen molar-refractivity contribution in [3.8, 4) is 0 Å². The van der Waals surface area contributed by atoms with Crippen LogP contribution < -0.4 is 0 Å². The fourth-order valence-corrected chi connectivity index (χ4v) is 1.92. The highest BCUT2D eigenvalue weighted by Crippen LogP contribution is 2.23. The summed E-state index contributed by atoms with van der Waals surface area (Å²) in [5.74, 6) is -1.04. The number of aliphatic carboxylic acids is 1. The molecule has 1 amide bonds. The number of likely N-dealkylation sites (tertiary alicyclic amines) is 1. The maximum atomic E-state index is 11.3. The smallest absolute Gasteiger partial charge is 0.326 e. The standard InChI is InChI=1S/C11H10BrNO3/c12-8-3-1-7(2-4-8)6-13-9(11(15)16)5-10(13)14/h1-4,9H,5-6H2,(H,15,16)/t9-/m1/s1. The van der Waals surface area contributed by atoms with Gasteiger partial charge in [0.25, 0.3) is 0 Å². The maximum absolute atomic E-state index is 11.3. The second kappa shape index (κ2) is 4.25. The molecule has 1 atom stereocenters. The third-order valence-electron chi connectivity index (χ3n) is 2.62. The monoisotopic (exact) mass is 283 g/mol. The predicted octanol–water partition coefficient (Wildman–Crippen LogP) is 1.63. The van der Waals surface area contributed by atoms with Gasteiger partial charge in [0.1, 0.15) is 6.04 Å². The van der Waals surface area contributed by atoms with Crippen molar-refractivity contribution in [3.63, 3.8) is 0 Å². The topological polar surface area (TPSA) is 57.6 Å². The van der Waals surface area contributed by atoms with Crippen LogP contribution in [0.4, 0.5) is 0 Å². The Bertz CT molecular complexity index is 429. The van der Waals surface area contributed by atoms with Crippen LogP contribution in [0.15, 0.2) is 28.7 Å². The van der Waals surface area contributed by atoms with E-state index >= 15 is 0 Å². The molecular weight excluding hydrogens is 274 g/mol. The van der Waals surface area contributed by atoms with Crippen molar-refractivity contribution >= 4 is 27.8 Å². The lowest BCUT2D eigenvalue weighted by molar-refractivity contribution is -0.162. The molecule has 4 nitrogen and oxygen atoms in total. The lowest BCUT2D eigenvalue weighted by Crippen LogP contribution is -2.55. The van der Waals surface area contributed by atoms with Gasteiger partial charge < -0.3 is 10.0 Å². The molecule has 1 fully saturated rings. The van der Waals surface area contributed by atoms with Gasteiger partial charge in [-0.3, -0.25) is 4.79 Å². The van der Waals surface area contributed by atoms with Crippen LogP contribution in [0.5, 0.6) is 0 Å². The van der Waals surface area contributed by atoms with Crippen molar-refractivity contribution in [1.29, 1.82) is 0 Å². The van der Waals surface area contributed by atoms with Crippen molar-refractivity contribution in [3.05, 3.63) is 34.3 Å². The van der Waals surface area contributed by atoms with Crippen LogP contribution in [-0.2, 0) is 16.1 Å². The zero-order valence-corrected chi connectivity index (χ0v) is 9.98. The quantitative estimate of drug-likeness (QED) is 0.858. The predicted molar refractivity (Wildman–Crippen MR) is 60.7 cm³/mol. The summed E-state index contributed by atoms with van der Waals surface area (Å²) in [6, 6.07) is 6.82. The van der Waals surface area contributed by atoms with E-state index in [4.69, 9.17) is 5.11 Å². The summed E-state index contributed by atoms with van der Waals surface area (Å²) >= 11 is 3.32. The van der Waals surface area contributed by atoms with Crippen molar-refractivity contribution in [2.24, 2.45) is 0 Å². The Morgan fingerprint density at radius 1 is 1.44 bits per heavy atom. The number of benzene rings is 1. The number of carboxylic acid groups (broad SMARTS) is 1. The number of hydrogen-bond acceptors (Lipinski definition) is 2. The van der Waals surface area contributed by atoms with E-state index in [2.05, 4.69) is 15.9 Å². The minimum absolute atomic E-state index is 0.102. The summed E-state index contributed by atoms with van der Waals surface area (Å²) in [6.07, 6.45) is 0.117. The van der Waals surface area contributed by atoms with E-state index in [0.29, 0.717) is 6.54 Å². The van der Waals surface area contributed by atoms with Crippen molar-refractivity contribution < 1.29 is 14.7 Å². The van der Waals surface area contributed by atoms with Crippen LogP contribution in [-0.4, -0.2) is 27.9 Å². The molecule has 0 aromatic heterocycles. The average molecular weight is 284 g/mol. The molecule has 0 unspecified atom stereocenters. The molecule has 1 aliphatic heterocycles. The van der Waals surface area contributed by atoms with Crippen LogP contribution in [0.25, 0.3) is 0 Å². The molecule has 1 aliphatic rings. The first-order valence-electron chi connectivity index (χ1n) is 4.84. The van der Waals surface area contributed by atoms with Gasteiger partial charge in [-0.15, -0.1) is 0 Å². The zero-order chi connectivity index (χ0) is 11.7. The molecule has 1 heterocycles. The number of amides is 1. The van der Waals surface area contributed by atoms with Gasteiger partial charge in [0, 0.05) is 11.0 Å². The van der Waals surface area contributed by atoms with Crippen molar-refractivity contribution in [1.82, 2.24) is 4.90 Å². The SMILES string of the molecule is O=C(O)[C@H]1CC(=O)N1Cc1ccc(Br)cc1. The van der Waals surface area contributed by atoms with Gasteiger partial charge in [-0.1, -0.05) is 28.1 Å². The number of carbonyl (C=O) groups excluding carboxylic acids is 1. The fraction of sp³-hybridized carbons (Fsp3) is 0.273. The minimum atomic E-state index is -0.934. The third kappa shape index (κ3) is 2.09. The van der Waals surface area contributed by atoms with Gasteiger partial charge >= 0.3 is 5.97 Å². The number of carbonyl (C=O) groups is 2. The Labute approximate surface area is 101 Å². The second-order valence-electron chi connectivity index (χ2n) is 3.71.